The Labute approximate surface area is 235 Å². The van der Waals surface area contributed by atoms with Crippen LogP contribution in [0.15, 0.2) is 55.0 Å². The summed E-state index contributed by atoms with van der Waals surface area (Å²) in [7, 11) is 4.56. The van der Waals surface area contributed by atoms with Crippen molar-refractivity contribution in [3.63, 3.8) is 0 Å². The highest BCUT2D eigenvalue weighted by Gasteiger charge is 2.36. The summed E-state index contributed by atoms with van der Waals surface area (Å²) in [6.45, 7) is 4.21. The van der Waals surface area contributed by atoms with E-state index in [0.717, 1.165) is 37.7 Å². The van der Waals surface area contributed by atoms with Crippen LogP contribution in [0.2, 0.25) is 0 Å². The highest BCUT2D eigenvalue weighted by atomic mass is 16.5. The quantitative estimate of drug-likeness (QED) is 0.360. The molecule has 1 fully saturated rings. The Balaban J connectivity index is 1.90. The van der Waals surface area contributed by atoms with E-state index in [1.807, 2.05) is 24.3 Å². The standard InChI is InChI=1S/C31H38N4O5/c1-20(2)21-11-13-24(14-12-21)35(31(37)25-19-32-15-16-33-25)28(30(36)34-23-9-7-6-8-10-23)22-17-26(38-3)29(40-5)27(18-22)39-4/h11-20,23,28H,6-10H2,1-5H3,(H,34,36)/t28-/m0/s1. The number of hydrogen-bond acceptors (Lipinski definition) is 7. The second-order valence-corrected chi connectivity index (χ2v) is 10.2. The number of carbonyl (C=O) groups is 2. The van der Waals surface area contributed by atoms with Gasteiger partial charge in [-0.25, -0.2) is 4.98 Å². The van der Waals surface area contributed by atoms with Crippen molar-refractivity contribution in [2.75, 3.05) is 26.2 Å². The van der Waals surface area contributed by atoms with Crippen molar-refractivity contribution in [1.82, 2.24) is 15.3 Å². The molecule has 3 aromatic rings. The third-order valence-electron chi connectivity index (χ3n) is 7.30. The molecule has 1 N–H and O–H groups in total. The summed E-state index contributed by atoms with van der Waals surface area (Å²) in [4.78, 5) is 38.2. The van der Waals surface area contributed by atoms with Crippen LogP contribution in [0.1, 0.15) is 79.5 Å². The van der Waals surface area contributed by atoms with Gasteiger partial charge in [0.1, 0.15) is 11.7 Å². The van der Waals surface area contributed by atoms with Gasteiger partial charge in [-0.2, -0.15) is 0 Å². The zero-order valence-electron chi connectivity index (χ0n) is 23.8. The van der Waals surface area contributed by atoms with E-state index in [2.05, 4.69) is 29.1 Å². The van der Waals surface area contributed by atoms with Crippen LogP contribution in [0.4, 0.5) is 5.69 Å². The van der Waals surface area contributed by atoms with Crippen molar-refractivity contribution in [2.24, 2.45) is 0 Å². The van der Waals surface area contributed by atoms with E-state index >= 15 is 0 Å². The van der Waals surface area contributed by atoms with Gasteiger partial charge >= 0.3 is 0 Å². The molecule has 0 spiro atoms. The van der Waals surface area contributed by atoms with Crippen LogP contribution in [-0.2, 0) is 4.79 Å². The number of benzene rings is 2. The molecule has 0 unspecified atom stereocenters. The van der Waals surface area contributed by atoms with Gasteiger partial charge in [0.05, 0.1) is 27.5 Å². The zero-order valence-corrected chi connectivity index (χ0v) is 23.8. The molecular weight excluding hydrogens is 508 g/mol. The molecule has 1 saturated carbocycles. The molecule has 0 saturated heterocycles. The predicted octanol–water partition coefficient (Wildman–Crippen LogP) is 5.46. The van der Waals surface area contributed by atoms with Crippen molar-refractivity contribution in [3.05, 3.63) is 71.8 Å². The van der Waals surface area contributed by atoms with Gasteiger partial charge in [-0.05, 0) is 54.2 Å². The summed E-state index contributed by atoms with van der Waals surface area (Å²) in [5.74, 6) is 0.713. The van der Waals surface area contributed by atoms with Crippen molar-refractivity contribution < 1.29 is 23.8 Å². The topological polar surface area (TPSA) is 103 Å². The molecule has 2 aromatic carbocycles. The summed E-state index contributed by atoms with van der Waals surface area (Å²) < 4.78 is 16.7. The Morgan fingerprint density at radius 1 is 0.900 bits per heavy atom. The number of carbonyl (C=O) groups excluding carboxylic acids is 2. The normalized spacial score (nSPS) is 14.3. The first-order valence-electron chi connectivity index (χ1n) is 13.7. The Morgan fingerprint density at radius 2 is 1.55 bits per heavy atom. The van der Waals surface area contributed by atoms with Gasteiger partial charge in [-0.1, -0.05) is 45.2 Å². The molecule has 1 aromatic heterocycles. The second-order valence-electron chi connectivity index (χ2n) is 10.2. The van der Waals surface area contributed by atoms with Crippen molar-refractivity contribution in [2.45, 2.75) is 64.0 Å². The summed E-state index contributed by atoms with van der Waals surface area (Å²) in [5.41, 5.74) is 2.30. The van der Waals surface area contributed by atoms with Crippen LogP contribution >= 0.6 is 0 Å². The van der Waals surface area contributed by atoms with E-state index in [-0.39, 0.29) is 17.6 Å². The average Bonchev–Trinajstić information content (AvgIpc) is 2.99. The van der Waals surface area contributed by atoms with Crippen LogP contribution in [0, 0.1) is 0 Å². The minimum absolute atomic E-state index is 0.0302. The summed E-state index contributed by atoms with van der Waals surface area (Å²) in [6.07, 6.45) is 9.43. The van der Waals surface area contributed by atoms with Gasteiger partial charge < -0.3 is 19.5 Å². The van der Waals surface area contributed by atoms with Crippen molar-refractivity contribution in [1.29, 1.82) is 0 Å². The van der Waals surface area contributed by atoms with Gasteiger partial charge in [0.15, 0.2) is 11.5 Å². The predicted molar refractivity (Wildman–Crippen MR) is 153 cm³/mol. The van der Waals surface area contributed by atoms with E-state index in [0.29, 0.717) is 34.4 Å². The number of ether oxygens (including phenoxy) is 3. The molecular formula is C31H38N4O5. The Kier molecular flexibility index (Phi) is 9.58. The maximum absolute atomic E-state index is 14.2. The molecule has 40 heavy (non-hydrogen) atoms. The molecule has 9 nitrogen and oxygen atoms in total. The summed E-state index contributed by atoms with van der Waals surface area (Å²) in [6, 6.07) is 10.1. The third kappa shape index (κ3) is 6.35. The largest absolute Gasteiger partial charge is 0.493 e. The first kappa shape index (κ1) is 28.9. The third-order valence-corrected chi connectivity index (χ3v) is 7.30. The lowest BCUT2D eigenvalue weighted by Crippen LogP contribution is -2.47. The number of aromatic nitrogens is 2. The highest BCUT2D eigenvalue weighted by molar-refractivity contribution is 6.09. The van der Waals surface area contributed by atoms with Gasteiger partial charge in [-0.15, -0.1) is 0 Å². The molecule has 0 aliphatic heterocycles. The zero-order chi connectivity index (χ0) is 28.6. The molecule has 212 valence electrons. The molecule has 1 aliphatic carbocycles. The van der Waals surface area contributed by atoms with Crippen LogP contribution in [0.5, 0.6) is 17.2 Å². The number of rotatable bonds is 10. The smallest absolute Gasteiger partial charge is 0.279 e. The Bertz CT molecular complexity index is 1270. The fourth-order valence-electron chi connectivity index (χ4n) is 5.14. The maximum Gasteiger partial charge on any atom is 0.279 e. The number of methoxy groups -OCH3 is 3. The lowest BCUT2D eigenvalue weighted by molar-refractivity contribution is -0.123. The average molecular weight is 547 g/mol. The Hall–Kier alpha value is -4.14. The molecule has 9 heteroatoms. The van der Waals surface area contributed by atoms with Crippen LogP contribution in [0.3, 0.4) is 0 Å². The van der Waals surface area contributed by atoms with Gasteiger partial charge in [0.2, 0.25) is 11.7 Å². The van der Waals surface area contributed by atoms with Gasteiger partial charge in [0.25, 0.3) is 5.91 Å². The van der Waals surface area contributed by atoms with Crippen LogP contribution in [0.25, 0.3) is 0 Å². The Morgan fingerprint density at radius 3 is 2.08 bits per heavy atom. The monoisotopic (exact) mass is 546 g/mol. The van der Waals surface area contributed by atoms with E-state index in [9.17, 15) is 9.59 Å². The van der Waals surface area contributed by atoms with E-state index in [1.165, 1.54) is 44.8 Å². The first-order chi connectivity index (χ1) is 19.4. The van der Waals surface area contributed by atoms with E-state index in [4.69, 9.17) is 14.2 Å². The number of nitrogens with one attached hydrogen (secondary N) is 1. The van der Waals surface area contributed by atoms with Crippen molar-refractivity contribution in [3.8, 4) is 17.2 Å². The second kappa shape index (κ2) is 13.3. The lowest BCUT2D eigenvalue weighted by Gasteiger charge is -2.33. The molecule has 1 atom stereocenters. The van der Waals surface area contributed by atoms with Gasteiger partial charge in [0, 0.05) is 24.1 Å². The molecule has 2 amide bonds. The lowest BCUT2D eigenvalue weighted by atomic mass is 9.94. The summed E-state index contributed by atoms with van der Waals surface area (Å²) >= 11 is 0. The number of hydrogen-bond donors (Lipinski definition) is 1. The van der Waals surface area contributed by atoms with Crippen molar-refractivity contribution >= 4 is 17.5 Å². The molecule has 0 bridgehead atoms. The molecule has 1 heterocycles. The molecule has 4 rings (SSSR count). The van der Waals surface area contributed by atoms with E-state index < -0.39 is 11.9 Å². The van der Waals surface area contributed by atoms with E-state index in [1.54, 1.807) is 12.1 Å². The maximum atomic E-state index is 14.2. The highest BCUT2D eigenvalue weighted by Crippen LogP contribution is 2.42. The van der Waals surface area contributed by atoms with Crippen LogP contribution in [-0.4, -0.2) is 49.2 Å². The molecule has 0 radical (unpaired) electrons. The number of nitrogens with zero attached hydrogens (tertiary/aromatic N) is 3. The van der Waals surface area contributed by atoms with Gasteiger partial charge in [-0.3, -0.25) is 19.5 Å². The molecule has 1 aliphatic rings. The fourth-order valence-corrected chi connectivity index (χ4v) is 5.14. The minimum Gasteiger partial charge on any atom is -0.493 e. The minimum atomic E-state index is -1.06. The number of anilines is 1. The summed E-state index contributed by atoms with van der Waals surface area (Å²) in [5, 5.41) is 3.23. The SMILES string of the molecule is COc1cc([C@@H](C(=O)NC2CCCCC2)N(C(=O)c2cnccn2)c2ccc(C(C)C)cc2)cc(OC)c1OC. The number of amides is 2. The van der Waals surface area contributed by atoms with Crippen LogP contribution < -0.4 is 24.4 Å². The first-order valence-corrected chi connectivity index (χ1v) is 13.7. The fraction of sp³-hybridized carbons (Fsp3) is 0.419.